The first-order chi connectivity index (χ1) is 8.27. The van der Waals surface area contributed by atoms with Gasteiger partial charge >= 0.3 is 0 Å². The molecule has 2 heterocycles. The van der Waals surface area contributed by atoms with Crippen LogP contribution in [0.25, 0.3) is 0 Å². The Balaban J connectivity index is 2.00. The van der Waals surface area contributed by atoms with Gasteiger partial charge in [-0.25, -0.2) is 4.39 Å². The number of carbonyl (C=O) groups excluding carboxylic acids is 1. The Bertz CT molecular complexity index is 516. The SMILES string of the molecule is O=C(NCc1ncccc1F)c1ccncc1. The molecule has 2 aromatic heterocycles. The lowest BCUT2D eigenvalue weighted by atomic mass is 10.2. The number of hydrogen-bond donors (Lipinski definition) is 1. The Labute approximate surface area is 97.5 Å². The Hall–Kier alpha value is -2.30. The minimum Gasteiger partial charge on any atom is -0.346 e. The molecule has 1 N–H and O–H groups in total. The molecule has 0 bridgehead atoms. The van der Waals surface area contributed by atoms with Crippen LogP contribution in [0.3, 0.4) is 0 Å². The number of nitrogens with zero attached hydrogens (tertiary/aromatic N) is 2. The second kappa shape index (κ2) is 5.16. The van der Waals surface area contributed by atoms with Crippen molar-refractivity contribution in [2.75, 3.05) is 0 Å². The highest BCUT2D eigenvalue weighted by Crippen LogP contribution is 2.02. The number of halogens is 1. The molecule has 1 amide bonds. The van der Waals surface area contributed by atoms with E-state index < -0.39 is 5.82 Å². The van der Waals surface area contributed by atoms with Crippen LogP contribution in [0.15, 0.2) is 42.9 Å². The number of hydrogen-bond acceptors (Lipinski definition) is 3. The first kappa shape index (κ1) is 11.2. The van der Waals surface area contributed by atoms with Crippen LogP contribution >= 0.6 is 0 Å². The van der Waals surface area contributed by atoms with Crippen molar-refractivity contribution in [2.45, 2.75) is 6.54 Å². The molecule has 2 rings (SSSR count). The van der Waals surface area contributed by atoms with Crippen LogP contribution in [-0.2, 0) is 6.54 Å². The molecule has 0 saturated carbocycles. The zero-order valence-corrected chi connectivity index (χ0v) is 8.93. The van der Waals surface area contributed by atoms with Gasteiger partial charge in [-0.2, -0.15) is 0 Å². The van der Waals surface area contributed by atoms with E-state index in [1.807, 2.05) is 0 Å². The molecule has 4 nitrogen and oxygen atoms in total. The van der Waals surface area contributed by atoms with Crippen molar-refractivity contribution >= 4 is 5.91 Å². The van der Waals surface area contributed by atoms with E-state index in [-0.39, 0.29) is 18.1 Å². The Morgan fingerprint density at radius 1 is 1.24 bits per heavy atom. The van der Waals surface area contributed by atoms with Crippen LogP contribution in [-0.4, -0.2) is 15.9 Å². The van der Waals surface area contributed by atoms with Crippen LogP contribution < -0.4 is 5.32 Å². The monoisotopic (exact) mass is 231 g/mol. The minimum absolute atomic E-state index is 0.0633. The molecule has 2 aromatic rings. The van der Waals surface area contributed by atoms with Gasteiger partial charge in [0.2, 0.25) is 0 Å². The molecule has 0 radical (unpaired) electrons. The summed E-state index contributed by atoms with van der Waals surface area (Å²) in [6, 6.07) is 5.98. The maximum atomic E-state index is 13.2. The van der Waals surface area contributed by atoms with Gasteiger partial charge in [0.05, 0.1) is 12.2 Å². The van der Waals surface area contributed by atoms with Crippen molar-refractivity contribution in [1.29, 1.82) is 0 Å². The zero-order chi connectivity index (χ0) is 12.1. The molecule has 0 fully saturated rings. The summed E-state index contributed by atoms with van der Waals surface area (Å²) in [5.74, 6) is -0.708. The number of pyridine rings is 2. The number of rotatable bonds is 3. The van der Waals surface area contributed by atoms with E-state index in [1.54, 1.807) is 12.1 Å². The van der Waals surface area contributed by atoms with E-state index in [0.717, 1.165) is 0 Å². The van der Waals surface area contributed by atoms with E-state index >= 15 is 0 Å². The molecule has 0 spiro atoms. The van der Waals surface area contributed by atoms with Crippen molar-refractivity contribution in [3.63, 3.8) is 0 Å². The van der Waals surface area contributed by atoms with Crippen LogP contribution in [0.1, 0.15) is 16.1 Å². The fourth-order valence-corrected chi connectivity index (χ4v) is 1.32. The molecule has 0 aliphatic rings. The molecule has 0 saturated heterocycles. The van der Waals surface area contributed by atoms with Crippen LogP contribution in [0.2, 0.25) is 0 Å². The summed E-state index contributed by atoms with van der Waals surface area (Å²) in [6.45, 7) is 0.0633. The third-order valence-electron chi connectivity index (χ3n) is 2.19. The number of aromatic nitrogens is 2. The van der Waals surface area contributed by atoms with Crippen molar-refractivity contribution in [1.82, 2.24) is 15.3 Å². The highest BCUT2D eigenvalue weighted by Gasteiger charge is 2.07. The first-order valence-corrected chi connectivity index (χ1v) is 5.05. The molecule has 0 unspecified atom stereocenters. The topological polar surface area (TPSA) is 54.9 Å². The smallest absolute Gasteiger partial charge is 0.251 e. The van der Waals surface area contributed by atoms with Gasteiger partial charge in [0, 0.05) is 24.2 Å². The largest absolute Gasteiger partial charge is 0.346 e. The molecular formula is C12H10FN3O. The maximum absolute atomic E-state index is 13.2. The summed E-state index contributed by atoms with van der Waals surface area (Å²) in [5.41, 5.74) is 0.700. The summed E-state index contributed by atoms with van der Waals surface area (Å²) in [4.78, 5) is 19.3. The average Bonchev–Trinajstić information content (AvgIpc) is 2.38. The minimum atomic E-state index is -0.428. The van der Waals surface area contributed by atoms with Crippen molar-refractivity contribution in [3.05, 3.63) is 59.9 Å². The Kier molecular flexibility index (Phi) is 3.40. The fourth-order valence-electron chi connectivity index (χ4n) is 1.32. The van der Waals surface area contributed by atoms with E-state index in [4.69, 9.17) is 0 Å². The maximum Gasteiger partial charge on any atom is 0.251 e. The van der Waals surface area contributed by atoms with E-state index in [0.29, 0.717) is 5.56 Å². The summed E-state index contributed by atoms with van der Waals surface area (Å²) in [7, 11) is 0. The lowest BCUT2D eigenvalue weighted by Crippen LogP contribution is -2.23. The van der Waals surface area contributed by atoms with Gasteiger partial charge in [-0.05, 0) is 24.3 Å². The van der Waals surface area contributed by atoms with Gasteiger partial charge in [-0.1, -0.05) is 0 Å². The zero-order valence-electron chi connectivity index (χ0n) is 8.93. The van der Waals surface area contributed by atoms with E-state index in [9.17, 15) is 9.18 Å². The molecule has 5 heteroatoms. The Morgan fingerprint density at radius 2 is 2.00 bits per heavy atom. The van der Waals surface area contributed by atoms with Crippen LogP contribution in [0, 0.1) is 5.82 Å². The van der Waals surface area contributed by atoms with Gasteiger partial charge in [0.25, 0.3) is 5.91 Å². The molecule has 0 aliphatic heterocycles. The van der Waals surface area contributed by atoms with Crippen molar-refractivity contribution in [2.24, 2.45) is 0 Å². The number of nitrogens with one attached hydrogen (secondary N) is 1. The summed E-state index contributed by atoms with van der Waals surface area (Å²) >= 11 is 0. The quantitative estimate of drug-likeness (QED) is 0.871. The van der Waals surface area contributed by atoms with Crippen LogP contribution in [0.4, 0.5) is 4.39 Å². The molecular weight excluding hydrogens is 221 g/mol. The second-order valence-corrected chi connectivity index (χ2v) is 3.35. The summed E-state index contributed by atoms with van der Waals surface area (Å²) in [5, 5.41) is 2.59. The van der Waals surface area contributed by atoms with Crippen molar-refractivity contribution < 1.29 is 9.18 Å². The fraction of sp³-hybridized carbons (Fsp3) is 0.0833. The predicted octanol–water partition coefficient (Wildman–Crippen LogP) is 1.55. The molecule has 17 heavy (non-hydrogen) atoms. The lowest BCUT2D eigenvalue weighted by Gasteiger charge is -2.04. The first-order valence-electron chi connectivity index (χ1n) is 5.05. The molecule has 0 atom stereocenters. The lowest BCUT2D eigenvalue weighted by molar-refractivity contribution is 0.0950. The molecule has 0 aliphatic carbocycles. The average molecular weight is 231 g/mol. The van der Waals surface area contributed by atoms with Gasteiger partial charge in [-0.3, -0.25) is 14.8 Å². The highest BCUT2D eigenvalue weighted by molar-refractivity contribution is 5.93. The molecule has 0 aromatic carbocycles. The van der Waals surface area contributed by atoms with Crippen LogP contribution in [0.5, 0.6) is 0 Å². The second-order valence-electron chi connectivity index (χ2n) is 3.35. The standard InChI is InChI=1S/C12H10FN3O/c13-10-2-1-5-15-11(10)8-16-12(17)9-3-6-14-7-4-9/h1-7H,8H2,(H,16,17). The number of carbonyl (C=O) groups is 1. The van der Waals surface area contributed by atoms with E-state index in [1.165, 1.54) is 30.7 Å². The third kappa shape index (κ3) is 2.84. The summed E-state index contributed by atoms with van der Waals surface area (Å²) < 4.78 is 13.2. The van der Waals surface area contributed by atoms with Gasteiger partial charge in [0.1, 0.15) is 5.82 Å². The predicted molar refractivity (Wildman–Crippen MR) is 59.6 cm³/mol. The van der Waals surface area contributed by atoms with Gasteiger partial charge < -0.3 is 5.32 Å². The highest BCUT2D eigenvalue weighted by atomic mass is 19.1. The van der Waals surface area contributed by atoms with Gasteiger partial charge in [-0.15, -0.1) is 0 Å². The third-order valence-corrected chi connectivity index (χ3v) is 2.19. The van der Waals surface area contributed by atoms with Crippen molar-refractivity contribution in [3.8, 4) is 0 Å². The van der Waals surface area contributed by atoms with Gasteiger partial charge in [0.15, 0.2) is 0 Å². The van der Waals surface area contributed by atoms with E-state index in [2.05, 4.69) is 15.3 Å². The number of amides is 1. The summed E-state index contributed by atoms with van der Waals surface area (Å²) in [6.07, 6.45) is 4.53. The molecule has 86 valence electrons. The Morgan fingerprint density at radius 3 is 2.71 bits per heavy atom. The normalized spacial score (nSPS) is 9.94.